The van der Waals surface area contributed by atoms with Gasteiger partial charge < -0.3 is 4.57 Å². The summed E-state index contributed by atoms with van der Waals surface area (Å²) in [6.07, 6.45) is 1.79. The van der Waals surface area contributed by atoms with Gasteiger partial charge in [0.25, 0.3) is 0 Å². The molecule has 6 nitrogen and oxygen atoms in total. The molecule has 0 bridgehead atoms. The van der Waals surface area contributed by atoms with Crippen molar-refractivity contribution in [1.82, 2.24) is 14.3 Å². The fraction of sp³-hybridized carbons (Fsp3) is 0.462. The molecule has 2 fully saturated rings. The number of sulfonamides is 1. The summed E-state index contributed by atoms with van der Waals surface area (Å²) in [5.74, 6) is -0.184. The van der Waals surface area contributed by atoms with Gasteiger partial charge in [-0.05, 0) is 75.3 Å². The number of aromatic nitrogens is 2. The lowest BCUT2D eigenvalue weighted by Gasteiger charge is -2.28. The van der Waals surface area contributed by atoms with E-state index in [1.807, 2.05) is 10.6 Å². The molecule has 2 heterocycles. The van der Waals surface area contributed by atoms with Gasteiger partial charge in [0.05, 0.1) is 22.5 Å². The molecule has 2 saturated carbocycles. The SMILES string of the molecule is CC(C)(NS(=O)(=O)c1ccc(-c2c(C#N)c3cc(F)c(C4CC4)cc3n2C2CCCC2)nc1)C(F)(F)F. The monoisotopic (exact) mass is 534 g/mol. The van der Waals surface area contributed by atoms with Gasteiger partial charge in [-0.1, -0.05) is 12.8 Å². The molecule has 2 aliphatic carbocycles. The number of hydrogen-bond donors (Lipinski definition) is 1. The first-order valence-corrected chi connectivity index (χ1v) is 13.7. The Morgan fingerprint density at radius 2 is 1.78 bits per heavy atom. The van der Waals surface area contributed by atoms with Crippen molar-refractivity contribution in [2.75, 3.05) is 0 Å². The Morgan fingerprint density at radius 1 is 1.11 bits per heavy atom. The van der Waals surface area contributed by atoms with Gasteiger partial charge in [-0.25, -0.2) is 12.8 Å². The van der Waals surface area contributed by atoms with Crippen molar-refractivity contribution in [3.63, 3.8) is 0 Å². The van der Waals surface area contributed by atoms with Crippen LogP contribution >= 0.6 is 0 Å². The summed E-state index contributed by atoms with van der Waals surface area (Å²) in [4.78, 5) is 3.84. The molecule has 0 spiro atoms. The predicted molar refractivity (Wildman–Crippen MR) is 130 cm³/mol. The second-order valence-electron chi connectivity index (χ2n) is 10.4. The molecule has 37 heavy (non-hydrogen) atoms. The molecule has 0 amide bonds. The lowest BCUT2D eigenvalue weighted by Crippen LogP contribution is -2.54. The minimum absolute atomic E-state index is 0.0663. The number of nitrogens with one attached hydrogen (secondary N) is 1. The van der Waals surface area contributed by atoms with Gasteiger partial charge in [0.1, 0.15) is 22.3 Å². The maximum atomic E-state index is 15.0. The van der Waals surface area contributed by atoms with Crippen molar-refractivity contribution in [3.05, 3.63) is 47.4 Å². The summed E-state index contributed by atoms with van der Waals surface area (Å²) in [5.41, 5.74) is -0.313. The molecule has 0 saturated heterocycles. The van der Waals surface area contributed by atoms with Crippen LogP contribution in [0.4, 0.5) is 17.6 Å². The number of halogens is 4. The summed E-state index contributed by atoms with van der Waals surface area (Å²) in [6, 6.07) is 8.03. The number of nitrogens with zero attached hydrogens (tertiary/aromatic N) is 3. The average Bonchev–Trinajstić information content (AvgIpc) is 3.41. The summed E-state index contributed by atoms with van der Waals surface area (Å²) >= 11 is 0. The number of hydrogen-bond acceptors (Lipinski definition) is 4. The van der Waals surface area contributed by atoms with Crippen LogP contribution < -0.4 is 4.72 Å². The van der Waals surface area contributed by atoms with Crippen LogP contribution in [0.2, 0.25) is 0 Å². The summed E-state index contributed by atoms with van der Waals surface area (Å²) in [6.45, 7) is 1.47. The highest BCUT2D eigenvalue weighted by Crippen LogP contribution is 2.46. The molecule has 1 N–H and O–H groups in total. The lowest BCUT2D eigenvalue weighted by atomic mass is 10.0. The topological polar surface area (TPSA) is 87.8 Å². The van der Waals surface area contributed by atoms with Crippen LogP contribution in [0.15, 0.2) is 35.4 Å². The number of pyridine rings is 1. The largest absolute Gasteiger partial charge is 0.407 e. The molecule has 0 unspecified atom stereocenters. The number of benzene rings is 1. The van der Waals surface area contributed by atoms with E-state index in [0.717, 1.165) is 64.1 Å². The van der Waals surface area contributed by atoms with Crippen LogP contribution in [0, 0.1) is 17.1 Å². The number of fused-ring (bicyclic) bond motifs is 1. The third-order valence-corrected chi connectivity index (χ3v) is 8.97. The third kappa shape index (κ3) is 4.50. The van der Waals surface area contributed by atoms with Gasteiger partial charge in [-0.3, -0.25) is 4.98 Å². The van der Waals surface area contributed by atoms with Gasteiger partial charge in [0.15, 0.2) is 0 Å². The Morgan fingerprint density at radius 3 is 2.32 bits per heavy atom. The molecule has 2 aromatic heterocycles. The summed E-state index contributed by atoms with van der Waals surface area (Å²) in [7, 11) is -4.53. The Hall–Kier alpha value is -2.97. The maximum absolute atomic E-state index is 15.0. The molecular formula is C26H26F4N4O2S. The summed E-state index contributed by atoms with van der Waals surface area (Å²) in [5, 5.41) is 10.5. The lowest BCUT2D eigenvalue weighted by molar-refractivity contribution is -0.180. The first-order chi connectivity index (χ1) is 17.3. The van der Waals surface area contributed by atoms with E-state index >= 15 is 0 Å². The third-order valence-electron chi connectivity index (χ3n) is 7.33. The molecule has 0 aliphatic heterocycles. The van der Waals surface area contributed by atoms with E-state index < -0.39 is 26.6 Å². The zero-order valence-corrected chi connectivity index (χ0v) is 21.2. The molecule has 0 radical (unpaired) electrons. The van der Waals surface area contributed by atoms with Crippen LogP contribution in [-0.2, 0) is 10.0 Å². The standard InChI is InChI=1S/C26H26F4N4O2S/c1-25(2,26(28,29)30)33-37(35,36)17-9-10-22(32-14-17)24-20(13-31)19-11-21(27)18(15-7-8-15)12-23(19)34(24)16-5-3-4-6-16/h9-12,14-16,33H,3-8H2,1-2H3. The van der Waals surface area contributed by atoms with Crippen molar-refractivity contribution in [2.24, 2.45) is 0 Å². The van der Waals surface area contributed by atoms with Crippen LogP contribution in [0.5, 0.6) is 0 Å². The minimum Gasteiger partial charge on any atom is -0.335 e. The average molecular weight is 535 g/mol. The second kappa shape index (κ2) is 8.81. The van der Waals surface area contributed by atoms with E-state index in [4.69, 9.17) is 0 Å². The highest BCUT2D eigenvalue weighted by Gasteiger charge is 2.49. The molecule has 3 aromatic rings. The molecular weight excluding hydrogens is 508 g/mol. The smallest absolute Gasteiger partial charge is 0.335 e. The molecule has 1 aromatic carbocycles. The predicted octanol–water partition coefficient (Wildman–Crippen LogP) is 6.33. The minimum atomic E-state index is -4.80. The van der Waals surface area contributed by atoms with Crippen LogP contribution in [-0.4, -0.2) is 29.7 Å². The quantitative estimate of drug-likeness (QED) is 0.375. The van der Waals surface area contributed by atoms with Crippen LogP contribution in [0.3, 0.4) is 0 Å². The normalized spacial score (nSPS) is 17.4. The first-order valence-electron chi connectivity index (χ1n) is 12.2. The van der Waals surface area contributed by atoms with Gasteiger partial charge in [-0.15, -0.1) is 0 Å². The highest BCUT2D eigenvalue weighted by molar-refractivity contribution is 7.89. The fourth-order valence-corrected chi connectivity index (χ4v) is 6.44. The van der Waals surface area contributed by atoms with Gasteiger partial charge in [-0.2, -0.15) is 23.2 Å². The van der Waals surface area contributed by atoms with Crippen molar-refractivity contribution in [2.45, 2.75) is 80.9 Å². The number of alkyl halides is 3. The van der Waals surface area contributed by atoms with Gasteiger partial charge in [0, 0.05) is 17.6 Å². The summed E-state index contributed by atoms with van der Waals surface area (Å²) < 4.78 is 83.8. The number of nitriles is 1. The fourth-order valence-electron chi connectivity index (χ4n) is 5.09. The van der Waals surface area contributed by atoms with Crippen LogP contribution in [0.1, 0.15) is 75.5 Å². The van der Waals surface area contributed by atoms with Crippen LogP contribution in [0.25, 0.3) is 22.3 Å². The van der Waals surface area contributed by atoms with E-state index in [0.29, 0.717) is 22.3 Å². The zero-order chi connectivity index (χ0) is 26.8. The van der Waals surface area contributed by atoms with Crippen molar-refractivity contribution >= 4 is 20.9 Å². The van der Waals surface area contributed by atoms with E-state index in [9.17, 15) is 31.2 Å². The van der Waals surface area contributed by atoms with E-state index in [-0.39, 0.29) is 23.3 Å². The second-order valence-corrected chi connectivity index (χ2v) is 12.1. The van der Waals surface area contributed by atoms with E-state index in [1.54, 1.807) is 4.72 Å². The molecule has 196 valence electrons. The molecule has 2 aliphatic rings. The Kier molecular flexibility index (Phi) is 6.11. The zero-order valence-electron chi connectivity index (χ0n) is 20.4. The highest BCUT2D eigenvalue weighted by atomic mass is 32.2. The molecule has 5 rings (SSSR count). The first kappa shape index (κ1) is 25.7. The Bertz CT molecular complexity index is 1510. The Labute approximate surface area is 212 Å². The molecule has 0 atom stereocenters. The molecule has 11 heteroatoms. The van der Waals surface area contributed by atoms with E-state index in [1.165, 1.54) is 18.2 Å². The Balaban J connectivity index is 1.63. The maximum Gasteiger partial charge on any atom is 0.407 e. The van der Waals surface area contributed by atoms with Crippen molar-refractivity contribution < 1.29 is 26.0 Å². The van der Waals surface area contributed by atoms with E-state index in [2.05, 4.69) is 11.1 Å². The van der Waals surface area contributed by atoms with Crippen molar-refractivity contribution in [1.29, 1.82) is 5.26 Å². The van der Waals surface area contributed by atoms with Gasteiger partial charge >= 0.3 is 6.18 Å². The van der Waals surface area contributed by atoms with Gasteiger partial charge in [0.2, 0.25) is 10.0 Å². The number of rotatable bonds is 6. The van der Waals surface area contributed by atoms with Crippen molar-refractivity contribution in [3.8, 4) is 17.5 Å².